The van der Waals surface area contributed by atoms with E-state index in [9.17, 15) is 4.79 Å². The molecule has 4 heteroatoms. The Kier molecular flexibility index (Phi) is 4.32. The summed E-state index contributed by atoms with van der Waals surface area (Å²) in [6.45, 7) is 5.75. The molecule has 0 spiro atoms. The average molecular weight is 196 g/mol. The van der Waals surface area contributed by atoms with Crippen LogP contribution in [-0.4, -0.2) is 28.8 Å². The highest BCUT2D eigenvalue weighted by molar-refractivity contribution is 5.94. The molecule has 1 rings (SSSR count). The van der Waals surface area contributed by atoms with E-state index in [1.165, 1.54) is 0 Å². The van der Waals surface area contributed by atoms with Gasteiger partial charge in [-0.25, -0.2) is 0 Å². The minimum Gasteiger partial charge on any atom is -0.381 e. The Morgan fingerprint density at radius 1 is 1.57 bits per heavy atom. The molecule has 0 saturated heterocycles. The monoisotopic (exact) mass is 196 g/mol. The molecule has 78 valence electrons. The SMILES string of the molecule is CCOCCC(=O)c1ccnn1CC. The van der Waals surface area contributed by atoms with Gasteiger partial charge in [-0.2, -0.15) is 5.10 Å². The first-order valence-corrected chi connectivity index (χ1v) is 4.92. The van der Waals surface area contributed by atoms with Gasteiger partial charge in [0.1, 0.15) is 5.69 Å². The standard InChI is InChI=1S/C10H16N2O2/c1-3-12-9(5-7-11-12)10(13)6-8-14-4-2/h5,7H,3-4,6,8H2,1-2H3. The Hall–Kier alpha value is -1.16. The van der Waals surface area contributed by atoms with Crippen molar-refractivity contribution < 1.29 is 9.53 Å². The summed E-state index contributed by atoms with van der Waals surface area (Å²) in [6.07, 6.45) is 2.08. The van der Waals surface area contributed by atoms with Crippen LogP contribution < -0.4 is 0 Å². The number of carbonyl (C=O) groups excluding carboxylic acids is 1. The summed E-state index contributed by atoms with van der Waals surface area (Å²) in [6, 6.07) is 1.75. The van der Waals surface area contributed by atoms with Crippen LogP contribution in [0.5, 0.6) is 0 Å². The van der Waals surface area contributed by atoms with Gasteiger partial charge in [-0.3, -0.25) is 9.48 Å². The van der Waals surface area contributed by atoms with Crippen molar-refractivity contribution in [2.45, 2.75) is 26.8 Å². The molecular formula is C10H16N2O2. The molecule has 0 amide bonds. The van der Waals surface area contributed by atoms with Crippen molar-refractivity contribution in [3.8, 4) is 0 Å². The Bertz CT molecular complexity index is 294. The molecule has 0 aromatic carbocycles. The van der Waals surface area contributed by atoms with E-state index in [2.05, 4.69) is 5.10 Å². The second kappa shape index (κ2) is 5.54. The van der Waals surface area contributed by atoms with Crippen LogP contribution in [0.4, 0.5) is 0 Å². The molecule has 1 heterocycles. The maximum Gasteiger partial charge on any atom is 0.183 e. The van der Waals surface area contributed by atoms with Crippen molar-refractivity contribution in [1.29, 1.82) is 0 Å². The van der Waals surface area contributed by atoms with E-state index in [0.717, 1.165) is 6.54 Å². The van der Waals surface area contributed by atoms with Gasteiger partial charge in [-0.05, 0) is 19.9 Å². The Morgan fingerprint density at radius 3 is 3.00 bits per heavy atom. The molecule has 14 heavy (non-hydrogen) atoms. The molecule has 0 fully saturated rings. The summed E-state index contributed by atoms with van der Waals surface area (Å²) in [5, 5.41) is 4.04. The molecule has 0 saturated carbocycles. The second-order valence-corrected chi connectivity index (χ2v) is 2.90. The Labute approximate surface area is 83.9 Å². The second-order valence-electron chi connectivity index (χ2n) is 2.90. The molecule has 0 aliphatic carbocycles. The van der Waals surface area contributed by atoms with Gasteiger partial charge in [0.05, 0.1) is 6.61 Å². The average Bonchev–Trinajstić information content (AvgIpc) is 2.65. The fraction of sp³-hybridized carbons (Fsp3) is 0.600. The lowest BCUT2D eigenvalue weighted by Crippen LogP contribution is -2.11. The number of aryl methyl sites for hydroxylation is 1. The van der Waals surface area contributed by atoms with E-state index in [0.29, 0.717) is 25.3 Å². The van der Waals surface area contributed by atoms with E-state index in [1.807, 2.05) is 13.8 Å². The maximum absolute atomic E-state index is 11.6. The van der Waals surface area contributed by atoms with Crippen LogP contribution >= 0.6 is 0 Å². The van der Waals surface area contributed by atoms with E-state index in [4.69, 9.17) is 4.74 Å². The van der Waals surface area contributed by atoms with Crippen LogP contribution in [0.2, 0.25) is 0 Å². The molecular weight excluding hydrogens is 180 g/mol. The summed E-state index contributed by atoms with van der Waals surface area (Å²) in [4.78, 5) is 11.6. The summed E-state index contributed by atoms with van der Waals surface area (Å²) in [5.74, 6) is 0.0952. The molecule has 0 unspecified atom stereocenters. The van der Waals surface area contributed by atoms with E-state index in [-0.39, 0.29) is 5.78 Å². The van der Waals surface area contributed by atoms with E-state index < -0.39 is 0 Å². The first kappa shape index (κ1) is 10.9. The summed E-state index contributed by atoms with van der Waals surface area (Å²) in [5.41, 5.74) is 0.673. The Balaban J connectivity index is 2.51. The third kappa shape index (κ3) is 2.67. The third-order valence-corrected chi connectivity index (χ3v) is 1.98. The number of hydrogen-bond acceptors (Lipinski definition) is 3. The lowest BCUT2D eigenvalue weighted by Gasteiger charge is -2.03. The lowest BCUT2D eigenvalue weighted by molar-refractivity contribution is 0.0886. The minimum atomic E-state index is 0.0952. The lowest BCUT2D eigenvalue weighted by atomic mass is 10.2. The van der Waals surface area contributed by atoms with E-state index in [1.54, 1.807) is 16.9 Å². The number of ketones is 1. The van der Waals surface area contributed by atoms with Crippen molar-refractivity contribution in [2.75, 3.05) is 13.2 Å². The van der Waals surface area contributed by atoms with Gasteiger partial charge in [0, 0.05) is 25.8 Å². The smallest absolute Gasteiger partial charge is 0.183 e. The van der Waals surface area contributed by atoms with Crippen LogP contribution in [-0.2, 0) is 11.3 Å². The number of carbonyl (C=O) groups is 1. The molecule has 1 aromatic rings. The van der Waals surface area contributed by atoms with Gasteiger partial charge in [0.2, 0.25) is 0 Å². The molecule has 0 atom stereocenters. The van der Waals surface area contributed by atoms with Gasteiger partial charge in [-0.1, -0.05) is 0 Å². The van der Waals surface area contributed by atoms with Gasteiger partial charge in [0.25, 0.3) is 0 Å². The van der Waals surface area contributed by atoms with Crippen LogP contribution in [0, 0.1) is 0 Å². The zero-order valence-corrected chi connectivity index (χ0v) is 8.69. The topological polar surface area (TPSA) is 44.1 Å². The quantitative estimate of drug-likeness (QED) is 0.511. The van der Waals surface area contributed by atoms with Gasteiger partial charge in [-0.15, -0.1) is 0 Å². The fourth-order valence-corrected chi connectivity index (χ4v) is 1.26. The molecule has 0 bridgehead atoms. The van der Waals surface area contributed by atoms with Crippen molar-refractivity contribution in [3.05, 3.63) is 18.0 Å². The number of aromatic nitrogens is 2. The summed E-state index contributed by atoms with van der Waals surface area (Å²) in [7, 11) is 0. The highest BCUT2D eigenvalue weighted by atomic mass is 16.5. The first-order valence-electron chi connectivity index (χ1n) is 4.92. The highest BCUT2D eigenvalue weighted by Gasteiger charge is 2.10. The zero-order chi connectivity index (χ0) is 10.4. The fourth-order valence-electron chi connectivity index (χ4n) is 1.26. The van der Waals surface area contributed by atoms with Crippen LogP contribution in [0.1, 0.15) is 30.8 Å². The molecule has 0 N–H and O–H groups in total. The van der Waals surface area contributed by atoms with Crippen molar-refractivity contribution in [2.24, 2.45) is 0 Å². The number of hydrogen-bond donors (Lipinski definition) is 0. The number of ether oxygens (including phenoxy) is 1. The van der Waals surface area contributed by atoms with Gasteiger partial charge in [0.15, 0.2) is 5.78 Å². The van der Waals surface area contributed by atoms with E-state index >= 15 is 0 Å². The number of nitrogens with zero attached hydrogens (tertiary/aromatic N) is 2. The third-order valence-electron chi connectivity index (χ3n) is 1.98. The van der Waals surface area contributed by atoms with Crippen LogP contribution in [0.3, 0.4) is 0 Å². The summed E-state index contributed by atoms with van der Waals surface area (Å²) < 4.78 is 6.83. The zero-order valence-electron chi connectivity index (χ0n) is 8.69. The highest BCUT2D eigenvalue weighted by Crippen LogP contribution is 2.03. The maximum atomic E-state index is 11.6. The van der Waals surface area contributed by atoms with Crippen molar-refractivity contribution in [1.82, 2.24) is 9.78 Å². The van der Waals surface area contributed by atoms with Crippen molar-refractivity contribution in [3.63, 3.8) is 0 Å². The normalized spacial score (nSPS) is 10.4. The number of Topliss-reactive ketones (excluding diaryl/α,β-unsaturated/α-hetero) is 1. The van der Waals surface area contributed by atoms with Crippen molar-refractivity contribution >= 4 is 5.78 Å². The summed E-state index contributed by atoms with van der Waals surface area (Å²) >= 11 is 0. The Morgan fingerprint density at radius 2 is 2.36 bits per heavy atom. The van der Waals surface area contributed by atoms with Crippen LogP contribution in [0.15, 0.2) is 12.3 Å². The molecule has 0 aliphatic heterocycles. The molecule has 4 nitrogen and oxygen atoms in total. The molecule has 0 aliphatic rings. The van der Waals surface area contributed by atoms with Gasteiger partial charge < -0.3 is 4.74 Å². The largest absolute Gasteiger partial charge is 0.381 e. The number of rotatable bonds is 6. The molecule has 0 radical (unpaired) electrons. The van der Waals surface area contributed by atoms with Crippen LogP contribution in [0.25, 0.3) is 0 Å². The predicted molar refractivity (Wildman–Crippen MR) is 53.3 cm³/mol. The molecule has 1 aromatic heterocycles. The first-order chi connectivity index (χ1) is 6.79. The minimum absolute atomic E-state index is 0.0952. The van der Waals surface area contributed by atoms with Gasteiger partial charge >= 0.3 is 0 Å². The predicted octanol–water partition coefficient (Wildman–Crippen LogP) is 1.51.